The standard InChI is InChI=1S/C10H10N4S/c1-11-8-6-10(14-7-13-8)15-9-4-2-3-5-12-9/h2-7H,1H3,(H,11,13,14). The Bertz CT molecular complexity index is 432. The van der Waals surface area contributed by atoms with Gasteiger partial charge in [-0.3, -0.25) is 0 Å². The fourth-order valence-corrected chi connectivity index (χ4v) is 1.79. The van der Waals surface area contributed by atoms with Crippen molar-refractivity contribution in [2.75, 3.05) is 12.4 Å². The van der Waals surface area contributed by atoms with Crippen LogP contribution in [-0.2, 0) is 0 Å². The second kappa shape index (κ2) is 4.75. The molecule has 15 heavy (non-hydrogen) atoms. The molecule has 4 nitrogen and oxygen atoms in total. The fraction of sp³-hybridized carbons (Fsp3) is 0.100. The second-order valence-corrected chi connectivity index (χ2v) is 3.80. The maximum Gasteiger partial charge on any atom is 0.130 e. The molecule has 2 rings (SSSR count). The zero-order chi connectivity index (χ0) is 10.5. The molecule has 2 aromatic heterocycles. The van der Waals surface area contributed by atoms with Crippen molar-refractivity contribution in [3.05, 3.63) is 36.8 Å². The van der Waals surface area contributed by atoms with E-state index in [1.165, 1.54) is 18.1 Å². The highest BCUT2D eigenvalue weighted by atomic mass is 32.2. The third-order valence-corrected chi connectivity index (χ3v) is 2.63. The minimum absolute atomic E-state index is 0.809. The van der Waals surface area contributed by atoms with Crippen molar-refractivity contribution in [3.8, 4) is 0 Å². The van der Waals surface area contributed by atoms with Gasteiger partial charge in [0, 0.05) is 19.3 Å². The van der Waals surface area contributed by atoms with Gasteiger partial charge in [-0.1, -0.05) is 6.07 Å². The largest absolute Gasteiger partial charge is 0.373 e. The predicted octanol–water partition coefficient (Wildman–Crippen LogP) is 2.06. The third kappa shape index (κ3) is 2.66. The van der Waals surface area contributed by atoms with E-state index in [9.17, 15) is 0 Å². The Morgan fingerprint density at radius 3 is 2.80 bits per heavy atom. The monoisotopic (exact) mass is 218 g/mol. The molecule has 0 amide bonds. The van der Waals surface area contributed by atoms with E-state index in [2.05, 4.69) is 20.3 Å². The maximum atomic E-state index is 4.21. The van der Waals surface area contributed by atoms with Gasteiger partial charge >= 0.3 is 0 Å². The van der Waals surface area contributed by atoms with E-state index in [1.807, 2.05) is 31.3 Å². The van der Waals surface area contributed by atoms with Crippen LogP contribution in [-0.4, -0.2) is 22.0 Å². The third-order valence-electron chi connectivity index (χ3n) is 1.75. The lowest BCUT2D eigenvalue weighted by atomic mass is 10.5. The molecule has 1 N–H and O–H groups in total. The van der Waals surface area contributed by atoms with E-state index in [4.69, 9.17) is 0 Å². The van der Waals surface area contributed by atoms with Crippen molar-refractivity contribution in [2.45, 2.75) is 10.1 Å². The molecule has 0 spiro atoms. The fourth-order valence-electron chi connectivity index (χ4n) is 1.05. The van der Waals surface area contributed by atoms with Crippen LogP contribution >= 0.6 is 11.8 Å². The van der Waals surface area contributed by atoms with Crippen LogP contribution in [0.1, 0.15) is 0 Å². The van der Waals surface area contributed by atoms with Gasteiger partial charge in [-0.05, 0) is 23.9 Å². The number of hydrogen-bond donors (Lipinski definition) is 1. The van der Waals surface area contributed by atoms with Crippen molar-refractivity contribution >= 4 is 17.6 Å². The van der Waals surface area contributed by atoms with E-state index in [0.717, 1.165) is 15.9 Å². The van der Waals surface area contributed by atoms with Gasteiger partial charge in [0.05, 0.1) is 0 Å². The number of anilines is 1. The summed E-state index contributed by atoms with van der Waals surface area (Å²) < 4.78 is 0. The molecule has 0 radical (unpaired) electrons. The van der Waals surface area contributed by atoms with E-state index < -0.39 is 0 Å². The van der Waals surface area contributed by atoms with Crippen LogP contribution in [0.3, 0.4) is 0 Å². The van der Waals surface area contributed by atoms with Crippen LogP contribution in [0, 0.1) is 0 Å². The van der Waals surface area contributed by atoms with Gasteiger partial charge in [-0.15, -0.1) is 0 Å². The lowest BCUT2D eigenvalue weighted by Gasteiger charge is -2.01. The summed E-state index contributed by atoms with van der Waals surface area (Å²) in [5, 5.41) is 4.78. The number of aromatic nitrogens is 3. The van der Waals surface area contributed by atoms with Crippen LogP contribution in [0.2, 0.25) is 0 Å². The molecule has 2 heterocycles. The normalized spacial score (nSPS) is 9.93. The first-order chi connectivity index (χ1) is 7.38. The van der Waals surface area contributed by atoms with Crippen LogP contribution in [0.15, 0.2) is 46.8 Å². The molecule has 0 fully saturated rings. The summed E-state index contributed by atoms with van der Waals surface area (Å²) in [6, 6.07) is 7.68. The summed E-state index contributed by atoms with van der Waals surface area (Å²) in [6.45, 7) is 0. The zero-order valence-electron chi connectivity index (χ0n) is 8.21. The Kier molecular flexibility index (Phi) is 3.14. The maximum absolute atomic E-state index is 4.21. The second-order valence-electron chi connectivity index (χ2n) is 2.76. The molecule has 0 aliphatic carbocycles. The molecule has 0 saturated carbocycles. The van der Waals surface area contributed by atoms with E-state index >= 15 is 0 Å². The molecule has 5 heteroatoms. The molecule has 0 aromatic carbocycles. The number of rotatable bonds is 3. The number of nitrogens with one attached hydrogen (secondary N) is 1. The lowest BCUT2D eigenvalue weighted by molar-refractivity contribution is 1.04. The quantitative estimate of drug-likeness (QED) is 0.799. The lowest BCUT2D eigenvalue weighted by Crippen LogP contribution is -1.93. The molecule has 2 aromatic rings. The molecule has 0 bridgehead atoms. The van der Waals surface area contributed by atoms with Crippen molar-refractivity contribution in [3.63, 3.8) is 0 Å². The Labute approximate surface area is 92.2 Å². The van der Waals surface area contributed by atoms with Crippen molar-refractivity contribution in [1.29, 1.82) is 0 Å². The topological polar surface area (TPSA) is 50.7 Å². The summed E-state index contributed by atoms with van der Waals surface area (Å²) in [5.41, 5.74) is 0. The average Bonchev–Trinajstić information content (AvgIpc) is 2.31. The molecule has 0 saturated heterocycles. The summed E-state index contributed by atoms with van der Waals surface area (Å²) in [4.78, 5) is 12.4. The first-order valence-electron chi connectivity index (χ1n) is 4.47. The van der Waals surface area contributed by atoms with Crippen LogP contribution < -0.4 is 5.32 Å². The zero-order valence-corrected chi connectivity index (χ0v) is 9.03. The molecule has 76 valence electrons. The number of pyridine rings is 1. The molecule has 0 atom stereocenters. The summed E-state index contributed by atoms with van der Waals surface area (Å²) in [7, 11) is 1.83. The van der Waals surface area contributed by atoms with Gasteiger partial charge in [0.2, 0.25) is 0 Å². The summed E-state index contributed by atoms with van der Waals surface area (Å²) in [6.07, 6.45) is 3.31. The van der Waals surface area contributed by atoms with Gasteiger partial charge < -0.3 is 5.32 Å². The molecular weight excluding hydrogens is 208 g/mol. The summed E-state index contributed by atoms with van der Waals surface area (Å²) >= 11 is 1.51. The SMILES string of the molecule is CNc1cc(Sc2ccccn2)ncn1. The first kappa shape index (κ1) is 9.92. The number of nitrogens with zero attached hydrogens (tertiary/aromatic N) is 3. The first-order valence-corrected chi connectivity index (χ1v) is 5.29. The number of hydrogen-bond acceptors (Lipinski definition) is 5. The average molecular weight is 218 g/mol. The van der Waals surface area contributed by atoms with E-state index in [0.29, 0.717) is 0 Å². The highest BCUT2D eigenvalue weighted by Crippen LogP contribution is 2.24. The highest BCUT2D eigenvalue weighted by Gasteiger charge is 2.00. The minimum Gasteiger partial charge on any atom is -0.373 e. The smallest absolute Gasteiger partial charge is 0.130 e. The van der Waals surface area contributed by atoms with E-state index in [-0.39, 0.29) is 0 Å². The Hall–Kier alpha value is -1.62. The van der Waals surface area contributed by atoms with Gasteiger partial charge in [-0.25, -0.2) is 15.0 Å². The Balaban J connectivity index is 2.17. The van der Waals surface area contributed by atoms with Crippen molar-refractivity contribution in [1.82, 2.24) is 15.0 Å². The Morgan fingerprint density at radius 2 is 2.07 bits per heavy atom. The molecule has 0 unspecified atom stereocenters. The van der Waals surface area contributed by atoms with Crippen molar-refractivity contribution in [2.24, 2.45) is 0 Å². The summed E-state index contributed by atoms with van der Waals surface area (Å²) in [5.74, 6) is 0.809. The predicted molar refractivity (Wildman–Crippen MR) is 59.9 cm³/mol. The molecule has 0 aliphatic rings. The molecular formula is C10H10N4S. The van der Waals surface area contributed by atoms with Gasteiger partial charge in [0.1, 0.15) is 22.2 Å². The van der Waals surface area contributed by atoms with Crippen LogP contribution in [0.4, 0.5) is 5.82 Å². The minimum atomic E-state index is 0.809. The molecule has 0 aliphatic heterocycles. The highest BCUT2D eigenvalue weighted by molar-refractivity contribution is 7.99. The van der Waals surface area contributed by atoms with Crippen LogP contribution in [0.5, 0.6) is 0 Å². The van der Waals surface area contributed by atoms with Gasteiger partial charge in [-0.2, -0.15) is 0 Å². The Morgan fingerprint density at radius 1 is 1.13 bits per heavy atom. The van der Waals surface area contributed by atoms with Gasteiger partial charge in [0.15, 0.2) is 0 Å². The van der Waals surface area contributed by atoms with Gasteiger partial charge in [0.25, 0.3) is 0 Å². The van der Waals surface area contributed by atoms with E-state index in [1.54, 1.807) is 6.20 Å². The van der Waals surface area contributed by atoms with Crippen molar-refractivity contribution < 1.29 is 0 Å². The van der Waals surface area contributed by atoms with Crippen LogP contribution in [0.25, 0.3) is 0 Å².